The van der Waals surface area contributed by atoms with Crippen molar-refractivity contribution in [2.24, 2.45) is 0 Å². The number of hydrogen-bond acceptors (Lipinski definition) is 5. The van der Waals surface area contributed by atoms with Gasteiger partial charge in [-0.3, -0.25) is 4.98 Å². The van der Waals surface area contributed by atoms with E-state index in [1.807, 2.05) is 0 Å². The number of aromatic nitrogens is 1. The maximum atomic E-state index is 12.9. The minimum absolute atomic E-state index is 0.0818. The van der Waals surface area contributed by atoms with Crippen LogP contribution in [0.1, 0.15) is 15.9 Å². The van der Waals surface area contributed by atoms with Crippen molar-refractivity contribution in [2.75, 3.05) is 12.8 Å². The molecule has 0 aliphatic carbocycles. The van der Waals surface area contributed by atoms with Crippen molar-refractivity contribution in [2.45, 2.75) is 6.61 Å². The summed E-state index contributed by atoms with van der Waals surface area (Å²) in [5.41, 5.74) is 6.73. The van der Waals surface area contributed by atoms with E-state index < -0.39 is 11.8 Å². The fourth-order valence-corrected chi connectivity index (χ4v) is 1.70. The number of nitrogen functional groups attached to an aromatic ring is 1. The standard InChI is InChI=1S/C14H13FN2O3/c1-19-13-11(3-2-4-12(13)16)14(18)20-8-9-5-10(15)7-17-6-9/h2-7H,8,16H2,1H3. The predicted octanol–water partition coefficient (Wildman–Crippen LogP) is 2.17. The lowest BCUT2D eigenvalue weighted by Gasteiger charge is -2.10. The zero-order valence-corrected chi connectivity index (χ0v) is 10.8. The SMILES string of the molecule is COc1c(N)cccc1C(=O)OCc1cncc(F)c1. The summed E-state index contributed by atoms with van der Waals surface area (Å²) in [5, 5.41) is 0. The third-order valence-electron chi connectivity index (χ3n) is 2.60. The number of halogens is 1. The molecule has 0 saturated carbocycles. The van der Waals surface area contributed by atoms with Gasteiger partial charge in [-0.05, 0) is 18.2 Å². The smallest absolute Gasteiger partial charge is 0.342 e. The van der Waals surface area contributed by atoms with Crippen molar-refractivity contribution >= 4 is 11.7 Å². The Kier molecular flexibility index (Phi) is 4.14. The van der Waals surface area contributed by atoms with Gasteiger partial charge in [-0.25, -0.2) is 9.18 Å². The van der Waals surface area contributed by atoms with Crippen LogP contribution in [-0.4, -0.2) is 18.1 Å². The number of carbonyl (C=O) groups excluding carboxylic acids is 1. The molecule has 1 aromatic carbocycles. The third kappa shape index (κ3) is 3.03. The first-order chi connectivity index (χ1) is 9.61. The molecule has 104 valence electrons. The van der Waals surface area contributed by atoms with Gasteiger partial charge in [0.1, 0.15) is 18.0 Å². The van der Waals surface area contributed by atoms with E-state index in [-0.39, 0.29) is 17.9 Å². The van der Waals surface area contributed by atoms with Crippen molar-refractivity contribution in [1.82, 2.24) is 4.98 Å². The molecule has 0 fully saturated rings. The Balaban J connectivity index is 2.11. The van der Waals surface area contributed by atoms with Crippen LogP contribution in [0.4, 0.5) is 10.1 Å². The topological polar surface area (TPSA) is 74.4 Å². The van der Waals surface area contributed by atoms with Gasteiger partial charge in [0.2, 0.25) is 0 Å². The molecule has 0 spiro atoms. The molecular formula is C14H13FN2O3. The van der Waals surface area contributed by atoms with Crippen LogP contribution in [0, 0.1) is 5.82 Å². The van der Waals surface area contributed by atoms with E-state index in [1.54, 1.807) is 18.2 Å². The maximum absolute atomic E-state index is 12.9. The molecule has 2 N–H and O–H groups in total. The van der Waals surface area contributed by atoms with Crippen LogP contribution in [-0.2, 0) is 11.3 Å². The van der Waals surface area contributed by atoms with Gasteiger partial charge in [0.05, 0.1) is 19.0 Å². The molecule has 0 aliphatic rings. The quantitative estimate of drug-likeness (QED) is 0.684. The Morgan fingerprint density at radius 1 is 1.40 bits per heavy atom. The molecule has 0 radical (unpaired) electrons. The van der Waals surface area contributed by atoms with Crippen LogP contribution in [0.3, 0.4) is 0 Å². The van der Waals surface area contributed by atoms with Crippen LogP contribution in [0.2, 0.25) is 0 Å². The number of benzene rings is 1. The van der Waals surface area contributed by atoms with Crippen LogP contribution < -0.4 is 10.5 Å². The number of rotatable bonds is 4. The van der Waals surface area contributed by atoms with Gasteiger partial charge in [0.15, 0.2) is 5.75 Å². The number of para-hydroxylation sites is 1. The normalized spacial score (nSPS) is 10.1. The van der Waals surface area contributed by atoms with Gasteiger partial charge in [-0.2, -0.15) is 0 Å². The fraction of sp³-hybridized carbons (Fsp3) is 0.143. The summed E-state index contributed by atoms with van der Waals surface area (Å²) in [6.07, 6.45) is 2.50. The Morgan fingerprint density at radius 3 is 2.90 bits per heavy atom. The second kappa shape index (κ2) is 6.01. The number of carbonyl (C=O) groups is 1. The van der Waals surface area contributed by atoms with Crippen molar-refractivity contribution in [3.05, 3.63) is 53.6 Å². The van der Waals surface area contributed by atoms with Crippen molar-refractivity contribution in [3.8, 4) is 5.75 Å². The summed E-state index contributed by atoms with van der Waals surface area (Å²) in [4.78, 5) is 15.6. The second-order valence-electron chi connectivity index (χ2n) is 4.02. The largest absolute Gasteiger partial charge is 0.494 e. The monoisotopic (exact) mass is 276 g/mol. The highest BCUT2D eigenvalue weighted by atomic mass is 19.1. The van der Waals surface area contributed by atoms with Crippen LogP contribution >= 0.6 is 0 Å². The number of nitrogens with two attached hydrogens (primary N) is 1. The van der Waals surface area contributed by atoms with Gasteiger partial charge in [0, 0.05) is 11.8 Å². The summed E-state index contributed by atoms with van der Waals surface area (Å²) in [6.45, 7) is -0.0818. The van der Waals surface area contributed by atoms with Crippen LogP contribution in [0.15, 0.2) is 36.7 Å². The van der Waals surface area contributed by atoms with Crippen molar-refractivity contribution in [1.29, 1.82) is 0 Å². The van der Waals surface area contributed by atoms with E-state index in [0.29, 0.717) is 11.3 Å². The third-order valence-corrected chi connectivity index (χ3v) is 2.60. The predicted molar refractivity (Wildman–Crippen MR) is 70.7 cm³/mol. The number of anilines is 1. The molecular weight excluding hydrogens is 263 g/mol. The van der Waals surface area contributed by atoms with Crippen LogP contribution in [0.25, 0.3) is 0 Å². The van der Waals surface area contributed by atoms with Gasteiger partial charge in [-0.1, -0.05) is 6.07 Å². The van der Waals surface area contributed by atoms with Gasteiger partial charge < -0.3 is 15.2 Å². The minimum atomic E-state index is -0.599. The Morgan fingerprint density at radius 2 is 2.20 bits per heavy atom. The minimum Gasteiger partial charge on any atom is -0.494 e. The summed E-state index contributed by atoms with van der Waals surface area (Å²) in [5.74, 6) is -0.826. The first-order valence-corrected chi connectivity index (χ1v) is 5.81. The van der Waals surface area contributed by atoms with E-state index in [9.17, 15) is 9.18 Å². The Bertz CT molecular complexity index is 632. The number of ether oxygens (including phenoxy) is 2. The highest BCUT2D eigenvalue weighted by Crippen LogP contribution is 2.26. The second-order valence-corrected chi connectivity index (χ2v) is 4.02. The average Bonchev–Trinajstić information content (AvgIpc) is 2.44. The molecule has 0 aliphatic heterocycles. The van der Waals surface area contributed by atoms with E-state index in [0.717, 1.165) is 6.20 Å². The molecule has 0 amide bonds. The van der Waals surface area contributed by atoms with Gasteiger partial charge in [-0.15, -0.1) is 0 Å². The van der Waals surface area contributed by atoms with Crippen molar-refractivity contribution in [3.63, 3.8) is 0 Å². The highest BCUT2D eigenvalue weighted by Gasteiger charge is 2.15. The Hall–Kier alpha value is -2.63. The maximum Gasteiger partial charge on any atom is 0.342 e. The number of hydrogen-bond donors (Lipinski definition) is 1. The Labute approximate surface area is 115 Å². The number of methoxy groups -OCH3 is 1. The molecule has 0 unspecified atom stereocenters. The van der Waals surface area contributed by atoms with E-state index >= 15 is 0 Å². The highest BCUT2D eigenvalue weighted by molar-refractivity contribution is 5.94. The molecule has 0 saturated heterocycles. The van der Waals surface area contributed by atoms with E-state index in [2.05, 4.69) is 4.98 Å². The van der Waals surface area contributed by atoms with Gasteiger partial charge in [0.25, 0.3) is 0 Å². The first kappa shape index (κ1) is 13.8. The van der Waals surface area contributed by atoms with E-state index in [1.165, 1.54) is 19.4 Å². The number of esters is 1. The summed E-state index contributed by atoms with van der Waals surface area (Å²) in [6, 6.07) is 6.03. The zero-order valence-electron chi connectivity index (χ0n) is 10.8. The summed E-state index contributed by atoms with van der Waals surface area (Å²) < 4.78 is 23.1. The number of pyridine rings is 1. The molecule has 5 nitrogen and oxygen atoms in total. The molecule has 1 heterocycles. The average molecular weight is 276 g/mol. The molecule has 2 rings (SSSR count). The van der Waals surface area contributed by atoms with Crippen molar-refractivity contribution < 1.29 is 18.7 Å². The molecule has 6 heteroatoms. The molecule has 2 aromatic rings. The van der Waals surface area contributed by atoms with E-state index in [4.69, 9.17) is 15.2 Å². The molecule has 20 heavy (non-hydrogen) atoms. The van der Waals surface area contributed by atoms with Crippen LogP contribution in [0.5, 0.6) is 5.75 Å². The number of nitrogens with zero attached hydrogens (tertiary/aromatic N) is 1. The summed E-state index contributed by atoms with van der Waals surface area (Å²) in [7, 11) is 1.42. The molecule has 1 aromatic heterocycles. The first-order valence-electron chi connectivity index (χ1n) is 5.81. The molecule has 0 bridgehead atoms. The molecule has 0 atom stereocenters. The lowest BCUT2D eigenvalue weighted by Crippen LogP contribution is -2.08. The lowest BCUT2D eigenvalue weighted by atomic mass is 10.1. The van der Waals surface area contributed by atoms with Gasteiger partial charge >= 0.3 is 5.97 Å². The fourth-order valence-electron chi connectivity index (χ4n) is 1.70. The summed E-state index contributed by atoms with van der Waals surface area (Å²) >= 11 is 0. The zero-order chi connectivity index (χ0) is 14.5. The lowest BCUT2D eigenvalue weighted by molar-refractivity contribution is 0.0468.